The average molecular weight is 321 g/mol. The van der Waals surface area contributed by atoms with Gasteiger partial charge in [0, 0.05) is 5.56 Å². The molecule has 0 unspecified atom stereocenters. The van der Waals surface area contributed by atoms with Crippen molar-refractivity contribution in [3.05, 3.63) is 84.1 Å². The summed E-state index contributed by atoms with van der Waals surface area (Å²) in [6.45, 7) is 0.932. The van der Waals surface area contributed by atoms with Crippen LogP contribution in [-0.4, -0.2) is 9.55 Å². The molecule has 0 saturated carbocycles. The van der Waals surface area contributed by atoms with E-state index in [4.69, 9.17) is 4.42 Å². The fourth-order valence-corrected chi connectivity index (χ4v) is 2.75. The lowest BCUT2D eigenvalue weighted by molar-refractivity contribution is 0.517. The van der Waals surface area contributed by atoms with Gasteiger partial charge in [-0.25, -0.2) is 9.37 Å². The molecule has 0 radical (unpaired) electrons. The third-order valence-electron chi connectivity index (χ3n) is 3.94. The van der Waals surface area contributed by atoms with E-state index < -0.39 is 0 Å². The van der Waals surface area contributed by atoms with Crippen LogP contribution in [0.15, 0.2) is 71.3 Å². The number of hydrogen-bond acceptors (Lipinski definition) is 3. The molecule has 0 spiro atoms. The van der Waals surface area contributed by atoms with Gasteiger partial charge >= 0.3 is 0 Å². The third-order valence-corrected chi connectivity index (χ3v) is 3.94. The highest BCUT2D eigenvalue weighted by Gasteiger charge is 2.12. The van der Waals surface area contributed by atoms with Crippen molar-refractivity contribution in [1.29, 1.82) is 0 Å². The van der Waals surface area contributed by atoms with Gasteiger partial charge in [-0.05, 0) is 30.3 Å². The van der Waals surface area contributed by atoms with Crippen LogP contribution in [-0.2, 0) is 13.1 Å². The van der Waals surface area contributed by atoms with E-state index in [1.54, 1.807) is 18.4 Å². The van der Waals surface area contributed by atoms with E-state index in [-0.39, 0.29) is 5.82 Å². The molecule has 0 amide bonds. The maximum absolute atomic E-state index is 14.1. The van der Waals surface area contributed by atoms with Gasteiger partial charge in [0.2, 0.25) is 5.95 Å². The summed E-state index contributed by atoms with van der Waals surface area (Å²) >= 11 is 0. The second-order valence-corrected chi connectivity index (χ2v) is 5.53. The molecule has 2 heterocycles. The Bertz CT molecular complexity index is 960. The second kappa shape index (κ2) is 6.20. The minimum atomic E-state index is -0.215. The fourth-order valence-electron chi connectivity index (χ4n) is 2.75. The smallest absolute Gasteiger partial charge is 0.204 e. The number of nitrogens with zero attached hydrogens (tertiary/aromatic N) is 2. The Balaban J connectivity index is 1.71. The van der Waals surface area contributed by atoms with Gasteiger partial charge in [0.25, 0.3) is 0 Å². The highest BCUT2D eigenvalue weighted by atomic mass is 19.1. The summed E-state index contributed by atoms with van der Waals surface area (Å²) in [5.74, 6) is 1.29. The SMILES string of the molecule is Fc1ccccc1Cn1c(NCc2ccco2)nc2ccccc21. The van der Waals surface area contributed by atoms with Gasteiger partial charge in [-0.2, -0.15) is 0 Å². The minimum Gasteiger partial charge on any atom is -0.467 e. The molecule has 0 atom stereocenters. The van der Waals surface area contributed by atoms with E-state index in [2.05, 4.69) is 10.3 Å². The van der Waals surface area contributed by atoms with Gasteiger partial charge in [0.05, 0.1) is 30.4 Å². The molecule has 2 aromatic carbocycles. The van der Waals surface area contributed by atoms with Gasteiger partial charge in [-0.3, -0.25) is 0 Å². The Morgan fingerprint density at radius 3 is 2.67 bits per heavy atom. The zero-order valence-electron chi connectivity index (χ0n) is 12.9. The van der Waals surface area contributed by atoms with Crippen molar-refractivity contribution >= 4 is 17.0 Å². The molecule has 0 aliphatic rings. The van der Waals surface area contributed by atoms with Gasteiger partial charge < -0.3 is 14.3 Å². The summed E-state index contributed by atoms with van der Waals surface area (Å²) in [7, 11) is 0. The normalized spacial score (nSPS) is 11.0. The molecule has 24 heavy (non-hydrogen) atoms. The standard InChI is InChI=1S/C19H16FN3O/c20-16-8-2-1-6-14(16)13-23-18-10-4-3-9-17(18)22-19(23)21-12-15-7-5-11-24-15/h1-11H,12-13H2,(H,21,22). The summed E-state index contributed by atoms with van der Waals surface area (Å²) < 4.78 is 21.4. The van der Waals surface area contributed by atoms with Gasteiger partial charge in [0.1, 0.15) is 11.6 Å². The van der Waals surface area contributed by atoms with Crippen LogP contribution in [0.2, 0.25) is 0 Å². The molecule has 1 N–H and O–H groups in total. The lowest BCUT2D eigenvalue weighted by Crippen LogP contribution is -2.09. The lowest BCUT2D eigenvalue weighted by Gasteiger charge is -2.11. The number of fused-ring (bicyclic) bond motifs is 1. The Morgan fingerprint density at radius 1 is 1.00 bits per heavy atom. The third kappa shape index (κ3) is 2.76. The van der Waals surface area contributed by atoms with Crippen molar-refractivity contribution in [2.45, 2.75) is 13.1 Å². The van der Waals surface area contributed by atoms with E-state index in [0.29, 0.717) is 24.6 Å². The number of imidazole rings is 1. The number of aromatic nitrogens is 2. The Morgan fingerprint density at radius 2 is 1.83 bits per heavy atom. The maximum Gasteiger partial charge on any atom is 0.204 e. The monoisotopic (exact) mass is 321 g/mol. The maximum atomic E-state index is 14.1. The van der Waals surface area contributed by atoms with Crippen LogP contribution >= 0.6 is 0 Å². The molecule has 2 aromatic heterocycles. The number of nitrogens with one attached hydrogen (secondary N) is 1. The summed E-state index contributed by atoms with van der Waals surface area (Å²) in [5.41, 5.74) is 2.46. The summed E-state index contributed by atoms with van der Waals surface area (Å²) in [4.78, 5) is 4.63. The van der Waals surface area contributed by atoms with E-state index in [9.17, 15) is 4.39 Å². The van der Waals surface area contributed by atoms with Crippen LogP contribution in [0, 0.1) is 5.82 Å². The number of halogens is 1. The van der Waals surface area contributed by atoms with Gasteiger partial charge in [0.15, 0.2) is 0 Å². The zero-order chi connectivity index (χ0) is 16.4. The Hall–Kier alpha value is -3.08. The molecule has 5 heteroatoms. The summed E-state index contributed by atoms with van der Waals surface area (Å²) in [6.07, 6.45) is 1.64. The molecular weight excluding hydrogens is 305 g/mol. The minimum absolute atomic E-state index is 0.215. The highest BCUT2D eigenvalue weighted by Crippen LogP contribution is 2.22. The first-order valence-corrected chi connectivity index (χ1v) is 7.76. The van der Waals surface area contributed by atoms with E-state index in [1.807, 2.05) is 47.0 Å². The van der Waals surface area contributed by atoms with Crippen LogP contribution in [0.25, 0.3) is 11.0 Å². The van der Waals surface area contributed by atoms with E-state index in [1.165, 1.54) is 6.07 Å². The van der Waals surface area contributed by atoms with Crippen molar-refractivity contribution in [2.75, 3.05) is 5.32 Å². The Labute approximate surface area is 138 Å². The largest absolute Gasteiger partial charge is 0.467 e. The quantitative estimate of drug-likeness (QED) is 0.591. The van der Waals surface area contributed by atoms with E-state index >= 15 is 0 Å². The average Bonchev–Trinajstić information content (AvgIpc) is 3.23. The second-order valence-electron chi connectivity index (χ2n) is 5.53. The highest BCUT2D eigenvalue weighted by molar-refractivity contribution is 5.78. The fraction of sp³-hybridized carbons (Fsp3) is 0.105. The molecule has 0 fully saturated rings. The Kier molecular flexibility index (Phi) is 3.75. The zero-order valence-corrected chi connectivity index (χ0v) is 12.9. The molecule has 120 valence electrons. The summed E-state index contributed by atoms with van der Waals surface area (Å²) in [6, 6.07) is 18.4. The number of para-hydroxylation sites is 2. The number of anilines is 1. The van der Waals surface area contributed by atoms with Crippen molar-refractivity contribution in [2.24, 2.45) is 0 Å². The number of furan rings is 1. The topological polar surface area (TPSA) is 43.0 Å². The molecule has 0 aliphatic carbocycles. The first-order chi connectivity index (χ1) is 11.8. The van der Waals surface area contributed by atoms with Gasteiger partial charge in [-0.15, -0.1) is 0 Å². The predicted molar refractivity (Wildman–Crippen MR) is 91.3 cm³/mol. The van der Waals surface area contributed by atoms with Crippen molar-refractivity contribution in [3.8, 4) is 0 Å². The molecule has 4 rings (SSSR count). The van der Waals surface area contributed by atoms with Crippen molar-refractivity contribution in [3.63, 3.8) is 0 Å². The number of hydrogen-bond donors (Lipinski definition) is 1. The van der Waals surface area contributed by atoms with Crippen molar-refractivity contribution in [1.82, 2.24) is 9.55 Å². The first-order valence-electron chi connectivity index (χ1n) is 7.76. The molecule has 4 nitrogen and oxygen atoms in total. The number of rotatable bonds is 5. The van der Waals surface area contributed by atoms with Gasteiger partial charge in [-0.1, -0.05) is 30.3 Å². The molecule has 0 saturated heterocycles. The predicted octanol–water partition coefficient (Wildman–Crippen LogP) is 4.43. The van der Waals surface area contributed by atoms with Crippen LogP contribution in [0.3, 0.4) is 0 Å². The van der Waals surface area contributed by atoms with Crippen LogP contribution in [0.1, 0.15) is 11.3 Å². The van der Waals surface area contributed by atoms with Crippen LogP contribution < -0.4 is 5.32 Å². The van der Waals surface area contributed by atoms with Crippen LogP contribution in [0.4, 0.5) is 10.3 Å². The number of benzene rings is 2. The van der Waals surface area contributed by atoms with E-state index in [0.717, 1.165) is 16.8 Å². The van der Waals surface area contributed by atoms with Crippen molar-refractivity contribution < 1.29 is 8.81 Å². The summed E-state index contributed by atoms with van der Waals surface area (Å²) in [5, 5.41) is 3.28. The molecule has 0 aliphatic heterocycles. The first kappa shape index (κ1) is 14.5. The molecule has 4 aromatic rings. The lowest BCUT2D eigenvalue weighted by atomic mass is 10.2. The molecule has 0 bridgehead atoms. The molecular formula is C19H16FN3O. The van der Waals surface area contributed by atoms with Crippen LogP contribution in [0.5, 0.6) is 0 Å².